The Bertz CT molecular complexity index is 984. The molecule has 2 N–H and O–H groups in total. The second kappa shape index (κ2) is 9.16. The molecule has 29 heavy (non-hydrogen) atoms. The van der Waals surface area contributed by atoms with Gasteiger partial charge in [-0.1, -0.05) is 47.7 Å². The van der Waals surface area contributed by atoms with E-state index >= 15 is 0 Å². The minimum absolute atomic E-state index is 0.222. The number of methoxy groups -OCH3 is 2. The molecule has 0 bridgehead atoms. The van der Waals surface area contributed by atoms with Crippen molar-refractivity contribution in [1.82, 2.24) is 15.5 Å². The highest BCUT2D eigenvalue weighted by Crippen LogP contribution is 2.28. The van der Waals surface area contributed by atoms with E-state index in [0.717, 1.165) is 5.56 Å². The van der Waals surface area contributed by atoms with Gasteiger partial charge in [-0.25, -0.2) is 0 Å². The Kier molecular flexibility index (Phi) is 6.40. The van der Waals surface area contributed by atoms with Gasteiger partial charge in [-0.05, 0) is 19.1 Å². The summed E-state index contributed by atoms with van der Waals surface area (Å²) in [5, 5.41) is 14.4. The minimum Gasteiger partial charge on any atom is -0.496 e. The predicted molar refractivity (Wildman–Crippen MR) is 110 cm³/mol. The van der Waals surface area contributed by atoms with E-state index in [1.165, 1.54) is 25.6 Å². The van der Waals surface area contributed by atoms with Crippen molar-refractivity contribution in [2.75, 3.05) is 19.5 Å². The number of aromatic nitrogens is 2. The van der Waals surface area contributed by atoms with Crippen molar-refractivity contribution < 1.29 is 19.1 Å². The zero-order chi connectivity index (χ0) is 20.8. The smallest absolute Gasteiger partial charge is 0.259 e. The number of rotatable bonds is 7. The fourth-order valence-corrected chi connectivity index (χ4v) is 3.35. The van der Waals surface area contributed by atoms with Crippen LogP contribution in [0.3, 0.4) is 0 Å². The van der Waals surface area contributed by atoms with Gasteiger partial charge in [0.25, 0.3) is 5.91 Å². The average Bonchev–Trinajstić information content (AvgIpc) is 3.22. The number of ether oxygens (including phenoxy) is 2. The van der Waals surface area contributed by atoms with Gasteiger partial charge in [0.05, 0.1) is 14.2 Å². The van der Waals surface area contributed by atoms with Crippen LogP contribution in [0.5, 0.6) is 11.5 Å². The number of hydrogen-bond donors (Lipinski definition) is 2. The lowest BCUT2D eigenvalue weighted by Gasteiger charge is -2.16. The molecule has 0 unspecified atom stereocenters. The first-order valence-electron chi connectivity index (χ1n) is 8.75. The Morgan fingerprint density at radius 2 is 1.62 bits per heavy atom. The van der Waals surface area contributed by atoms with Gasteiger partial charge in [-0.15, -0.1) is 10.2 Å². The quantitative estimate of drug-likeness (QED) is 0.619. The molecular formula is C20H20N4O4S. The van der Waals surface area contributed by atoms with Crippen LogP contribution in [0, 0.1) is 0 Å². The highest BCUT2D eigenvalue weighted by molar-refractivity contribution is 7.18. The lowest BCUT2D eigenvalue weighted by atomic mass is 10.1. The number of hydrogen-bond acceptors (Lipinski definition) is 7. The predicted octanol–water partition coefficient (Wildman–Crippen LogP) is 2.98. The summed E-state index contributed by atoms with van der Waals surface area (Å²) in [5.74, 6) is -0.190. The largest absolute Gasteiger partial charge is 0.496 e. The third kappa shape index (κ3) is 4.69. The summed E-state index contributed by atoms with van der Waals surface area (Å²) in [5.41, 5.74) is 1.13. The molecule has 2 amide bonds. The number of carbonyl (C=O) groups excluding carboxylic acids is 2. The van der Waals surface area contributed by atoms with Crippen molar-refractivity contribution in [3.8, 4) is 22.1 Å². The Morgan fingerprint density at radius 3 is 2.24 bits per heavy atom. The molecule has 0 spiro atoms. The topological polar surface area (TPSA) is 102 Å². The molecule has 0 saturated carbocycles. The van der Waals surface area contributed by atoms with E-state index in [1.807, 2.05) is 30.3 Å². The normalized spacial score (nSPS) is 11.4. The summed E-state index contributed by atoms with van der Waals surface area (Å²) >= 11 is 1.25. The molecule has 150 valence electrons. The molecule has 1 aromatic heterocycles. The van der Waals surface area contributed by atoms with Crippen molar-refractivity contribution in [1.29, 1.82) is 0 Å². The molecule has 1 atom stereocenters. The van der Waals surface area contributed by atoms with Crippen molar-refractivity contribution in [3.63, 3.8) is 0 Å². The fourth-order valence-electron chi connectivity index (χ4n) is 2.59. The highest BCUT2D eigenvalue weighted by atomic mass is 32.1. The summed E-state index contributed by atoms with van der Waals surface area (Å²) in [7, 11) is 2.92. The van der Waals surface area contributed by atoms with Gasteiger partial charge in [0, 0.05) is 5.56 Å². The Balaban J connectivity index is 1.67. The van der Waals surface area contributed by atoms with Crippen molar-refractivity contribution in [2.24, 2.45) is 0 Å². The van der Waals surface area contributed by atoms with Crippen molar-refractivity contribution in [3.05, 3.63) is 54.1 Å². The van der Waals surface area contributed by atoms with Crippen molar-refractivity contribution >= 4 is 28.3 Å². The summed E-state index contributed by atoms with van der Waals surface area (Å²) in [6.45, 7) is 1.58. The number of nitrogens with one attached hydrogen (secondary N) is 2. The molecule has 3 rings (SSSR count). The molecule has 0 aliphatic heterocycles. The first-order chi connectivity index (χ1) is 14.0. The summed E-state index contributed by atoms with van der Waals surface area (Å²) in [6, 6.07) is 13.7. The number of nitrogens with zero attached hydrogens (tertiary/aromatic N) is 2. The van der Waals surface area contributed by atoms with Crippen molar-refractivity contribution in [2.45, 2.75) is 13.0 Å². The second-order valence-electron chi connectivity index (χ2n) is 6.00. The van der Waals surface area contributed by atoms with Gasteiger partial charge in [-0.2, -0.15) is 0 Å². The van der Waals surface area contributed by atoms with Gasteiger partial charge in [0.15, 0.2) is 0 Å². The summed E-state index contributed by atoms with van der Waals surface area (Å²) in [6.07, 6.45) is 0. The summed E-state index contributed by atoms with van der Waals surface area (Å²) < 4.78 is 10.5. The molecule has 0 aliphatic carbocycles. The highest BCUT2D eigenvalue weighted by Gasteiger charge is 2.23. The number of amides is 2. The SMILES string of the molecule is COc1cccc(OC)c1C(=O)N[C@H](C)C(=O)Nc1nnc(-c2ccccc2)s1. The Labute approximate surface area is 171 Å². The molecule has 8 nitrogen and oxygen atoms in total. The standard InChI is InChI=1S/C20H20N4O4S/c1-12(21-18(26)16-14(27-2)10-7-11-15(16)28-3)17(25)22-20-24-23-19(29-20)13-8-5-4-6-9-13/h4-12H,1-3H3,(H,21,26)(H,22,24,25)/t12-/m1/s1. The van der Waals surface area contributed by atoms with Crippen LogP contribution in [0.4, 0.5) is 5.13 Å². The third-order valence-corrected chi connectivity index (χ3v) is 4.96. The maximum absolute atomic E-state index is 12.7. The van der Waals surface area contributed by atoms with E-state index in [9.17, 15) is 9.59 Å². The van der Waals surface area contributed by atoms with Crippen LogP contribution in [0.1, 0.15) is 17.3 Å². The van der Waals surface area contributed by atoms with E-state index in [-0.39, 0.29) is 5.56 Å². The van der Waals surface area contributed by atoms with Crippen LogP contribution in [-0.2, 0) is 4.79 Å². The Hall–Kier alpha value is -3.46. The minimum atomic E-state index is -0.818. The Morgan fingerprint density at radius 1 is 0.966 bits per heavy atom. The van der Waals surface area contributed by atoms with Crippen LogP contribution < -0.4 is 20.1 Å². The molecule has 2 aromatic carbocycles. The van der Waals surface area contributed by atoms with E-state index in [4.69, 9.17) is 9.47 Å². The van der Waals surface area contributed by atoms with E-state index in [1.54, 1.807) is 25.1 Å². The zero-order valence-electron chi connectivity index (χ0n) is 16.1. The molecule has 0 aliphatic rings. The van der Waals surface area contributed by atoms with Gasteiger partial charge in [-0.3, -0.25) is 14.9 Å². The first kappa shape index (κ1) is 20.3. The van der Waals surface area contributed by atoms with Crippen LogP contribution in [-0.4, -0.2) is 42.3 Å². The van der Waals surface area contributed by atoms with E-state index in [0.29, 0.717) is 21.6 Å². The fraction of sp³-hybridized carbons (Fsp3) is 0.200. The lowest BCUT2D eigenvalue weighted by Crippen LogP contribution is -2.41. The molecule has 0 saturated heterocycles. The van der Waals surface area contributed by atoms with Crippen LogP contribution >= 0.6 is 11.3 Å². The van der Waals surface area contributed by atoms with E-state index in [2.05, 4.69) is 20.8 Å². The maximum atomic E-state index is 12.7. The molecule has 3 aromatic rings. The first-order valence-corrected chi connectivity index (χ1v) is 9.56. The molecule has 0 radical (unpaired) electrons. The van der Waals surface area contributed by atoms with Gasteiger partial charge in [0.2, 0.25) is 11.0 Å². The zero-order valence-corrected chi connectivity index (χ0v) is 16.9. The van der Waals surface area contributed by atoms with E-state index < -0.39 is 17.9 Å². The van der Waals surface area contributed by atoms with Gasteiger partial charge in [0.1, 0.15) is 28.1 Å². The monoisotopic (exact) mass is 412 g/mol. The number of carbonyl (C=O) groups is 2. The van der Waals surface area contributed by atoms with Gasteiger partial charge < -0.3 is 14.8 Å². The molecule has 0 fully saturated rings. The maximum Gasteiger partial charge on any atom is 0.259 e. The second-order valence-corrected chi connectivity index (χ2v) is 6.98. The van der Waals surface area contributed by atoms with Crippen LogP contribution in [0.15, 0.2) is 48.5 Å². The molecule has 1 heterocycles. The summed E-state index contributed by atoms with van der Waals surface area (Å²) in [4.78, 5) is 25.2. The number of benzene rings is 2. The van der Waals surface area contributed by atoms with Gasteiger partial charge >= 0.3 is 0 Å². The molecule has 9 heteroatoms. The average molecular weight is 412 g/mol. The number of anilines is 1. The molecular weight excluding hydrogens is 392 g/mol. The van der Waals surface area contributed by atoms with Crippen LogP contribution in [0.25, 0.3) is 10.6 Å². The lowest BCUT2D eigenvalue weighted by molar-refractivity contribution is -0.117. The third-order valence-electron chi connectivity index (χ3n) is 4.07. The van der Waals surface area contributed by atoms with Crippen LogP contribution in [0.2, 0.25) is 0 Å².